The molecule has 1 heterocycles. The molecular weight excluding hydrogens is 480 g/mol. The summed E-state index contributed by atoms with van der Waals surface area (Å²) in [7, 11) is 3.99. The molecule has 0 N–H and O–H groups in total. The highest BCUT2D eigenvalue weighted by molar-refractivity contribution is 9.10. The van der Waals surface area contributed by atoms with E-state index < -0.39 is 0 Å². The standard InChI is InChI=1S/C26H33BrN4O2/c1-7-8-9-24-29-22-13-11-19(27)14-21(22)25(32)31(24)28-16-18-10-12-20(30(5)6)15-23(18)33-17-26(2,3)4/h10-16H,7-9,17H2,1-6H3. The Morgan fingerprint density at radius 3 is 2.61 bits per heavy atom. The first kappa shape index (κ1) is 25.0. The van der Waals surface area contributed by atoms with Crippen LogP contribution in [0.1, 0.15) is 51.9 Å². The normalized spacial score (nSPS) is 12.0. The molecule has 0 saturated heterocycles. The first-order valence-electron chi connectivity index (χ1n) is 11.3. The van der Waals surface area contributed by atoms with Crippen LogP contribution in [-0.2, 0) is 6.42 Å². The van der Waals surface area contributed by atoms with Gasteiger partial charge in [-0.2, -0.15) is 9.78 Å². The number of ether oxygens (including phenoxy) is 1. The highest BCUT2D eigenvalue weighted by Crippen LogP contribution is 2.26. The zero-order valence-corrected chi connectivity index (χ0v) is 21.9. The maximum atomic E-state index is 13.3. The third-order valence-corrected chi connectivity index (χ3v) is 5.61. The summed E-state index contributed by atoms with van der Waals surface area (Å²) in [5.41, 5.74) is 2.38. The minimum atomic E-state index is -0.175. The molecule has 0 aliphatic rings. The highest BCUT2D eigenvalue weighted by atomic mass is 79.9. The Bertz CT molecular complexity index is 1210. The fourth-order valence-electron chi connectivity index (χ4n) is 3.26. The summed E-state index contributed by atoms with van der Waals surface area (Å²) < 4.78 is 8.43. The molecule has 2 aromatic carbocycles. The third kappa shape index (κ3) is 6.44. The summed E-state index contributed by atoms with van der Waals surface area (Å²) in [5, 5.41) is 5.13. The molecule has 0 unspecified atom stereocenters. The van der Waals surface area contributed by atoms with Crippen molar-refractivity contribution in [1.29, 1.82) is 0 Å². The van der Waals surface area contributed by atoms with E-state index in [-0.39, 0.29) is 11.0 Å². The van der Waals surface area contributed by atoms with Crippen molar-refractivity contribution in [2.75, 3.05) is 25.6 Å². The Hall–Kier alpha value is -2.67. The number of halogens is 1. The largest absolute Gasteiger partial charge is 0.492 e. The summed E-state index contributed by atoms with van der Waals surface area (Å²) in [6, 6.07) is 11.5. The van der Waals surface area contributed by atoms with Crippen LogP contribution in [0.25, 0.3) is 10.9 Å². The van der Waals surface area contributed by atoms with Crippen molar-refractivity contribution in [1.82, 2.24) is 9.66 Å². The predicted octanol–water partition coefficient (Wildman–Crippen LogP) is 5.87. The Morgan fingerprint density at radius 2 is 1.94 bits per heavy atom. The summed E-state index contributed by atoms with van der Waals surface area (Å²) in [6.07, 6.45) is 4.32. The van der Waals surface area contributed by atoms with Crippen LogP contribution in [0.15, 0.2) is 50.8 Å². The number of rotatable bonds is 8. The number of fused-ring (bicyclic) bond motifs is 1. The summed E-state index contributed by atoms with van der Waals surface area (Å²) in [4.78, 5) is 20.1. The van der Waals surface area contributed by atoms with Gasteiger partial charge in [0, 0.05) is 42.3 Å². The maximum absolute atomic E-state index is 13.3. The number of benzene rings is 2. The lowest BCUT2D eigenvalue weighted by atomic mass is 9.98. The summed E-state index contributed by atoms with van der Waals surface area (Å²) in [6.45, 7) is 9.09. The van der Waals surface area contributed by atoms with Crippen molar-refractivity contribution >= 4 is 38.7 Å². The van der Waals surface area contributed by atoms with Gasteiger partial charge in [-0.05, 0) is 42.2 Å². The van der Waals surface area contributed by atoms with Gasteiger partial charge in [0.25, 0.3) is 5.56 Å². The van der Waals surface area contributed by atoms with Gasteiger partial charge in [-0.1, -0.05) is 50.0 Å². The molecule has 0 aliphatic carbocycles. The first-order valence-corrected chi connectivity index (χ1v) is 12.1. The molecule has 3 aromatic rings. The molecule has 33 heavy (non-hydrogen) atoms. The number of aryl methyl sites for hydroxylation is 1. The lowest BCUT2D eigenvalue weighted by molar-refractivity contribution is 0.198. The molecule has 6 nitrogen and oxygen atoms in total. The minimum absolute atomic E-state index is 0.0163. The van der Waals surface area contributed by atoms with E-state index in [9.17, 15) is 4.79 Å². The molecule has 0 atom stereocenters. The van der Waals surface area contributed by atoms with Crippen molar-refractivity contribution in [3.63, 3.8) is 0 Å². The van der Waals surface area contributed by atoms with Gasteiger partial charge in [0.2, 0.25) is 0 Å². The Morgan fingerprint density at radius 1 is 1.18 bits per heavy atom. The fourth-order valence-corrected chi connectivity index (χ4v) is 3.62. The van der Waals surface area contributed by atoms with Crippen LogP contribution < -0.4 is 15.2 Å². The molecule has 3 rings (SSSR count). The van der Waals surface area contributed by atoms with Gasteiger partial charge in [-0.15, -0.1) is 0 Å². The average Bonchev–Trinajstić information content (AvgIpc) is 2.76. The van der Waals surface area contributed by atoms with Crippen LogP contribution in [0.2, 0.25) is 0 Å². The van der Waals surface area contributed by atoms with E-state index >= 15 is 0 Å². The second kappa shape index (κ2) is 10.5. The van der Waals surface area contributed by atoms with E-state index in [1.165, 1.54) is 4.68 Å². The lowest BCUT2D eigenvalue weighted by Gasteiger charge is -2.21. The molecule has 0 fully saturated rings. The zero-order chi connectivity index (χ0) is 24.2. The number of hydrogen-bond donors (Lipinski definition) is 0. The van der Waals surface area contributed by atoms with E-state index in [0.29, 0.717) is 29.8 Å². The molecule has 7 heteroatoms. The topological polar surface area (TPSA) is 59.7 Å². The molecule has 0 spiro atoms. The molecule has 0 bridgehead atoms. The molecule has 0 saturated carbocycles. The van der Waals surface area contributed by atoms with Gasteiger partial charge in [0.1, 0.15) is 11.6 Å². The number of unbranched alkanes of at least 4 members (excludes halogenated alkanes) is 1. The first-order chi connectivity index (χ1) is 15.6. The molecule has 1 aromatic heterocycles. The van der Waals surface area contributed by atoms with Gasteiger partial charge >= 0.3 is 0 Å². The second-order valence-electron chi connectivity index (χ2n) is 9.62. The van der Waals surface area contributed by atoms with Gasteiger partial charge < -0.3 is 9.64 Å². The summed E-state index contributed by atoms with van der Waals surface area (Å²) in [5.74, 6) is 1.40. The highest BCUT2D eigenvalue weighted by Gasteiger charge is 2.14. The van der Waals surface area contributed by atoms with E-state index in [0.717, 1.165) is 34.3 Å². The van der Waals surface area contributed by atoms with Crippen molar-refractivity contribution in [2.45, 2.75) is 47.0 Å². The van der Waals surface area contributed by atoms with Crippen LogP contribution in [-0.4, -0.2) is 36.6 Å². The maximum Gasteiger partial charge on any atom is 0.282 e. The van der Waals surface area contributed by atoms with Crippen LogP contribution >= 0.6 is 15.9 Å². The SMILES string of the molecule is CCCCc1nc2ccc(Br)cc2c(=O)n1N=Cc1ccc(N(C)C)cc1OCC(C)(C)C. The Labute approximate surface area is 204 Å². The van der Waals surface area contributed by atoms with Gasteiger partial charge in [0.15, 0.2) is 0 Å². The van der Waals surface area contributed by atoms with E-state index in [1.54, 1.807) is 12.3 Å². The molecule has 176 valence electrons. The third-order valence-electron chi connectivity index (χ3n) is 5.12. The van der Waals surface area contributed by atoms with Crippen LogP contribution in [0, 0.1) is 5.41 Å². The lowest BCUT2D eigenvalue weighted by Crippen LogP contribution is -2.22. The van der Waals surface area contributed by atoms with Crippen molar-refractivity contribution in [3.05, 3.63) is 62.6 Å². The number of hydrogen-bond acceptors (Lipinski definition) is 5. The van der Waals surface area contributed by atoms with Crippen LogP contribution in [0.5, 0.6) is 5.75 Å². The van der Waals surface area contributed by atoms with Gasteiger partial charge in [0.05, 0.1) is 23.7 Å². The number of anilines is 1. The van der Waals surface area contributed by atoms with Gasteiger partial charge in [-0.25, -0.2) is 4.98 Å². The number of aromatic nitrogens is 2. The minimum Gasteiger partial charge on any atom is -0.492 e. The van der Waals surface area contributed by atoms with Crippen molar-refractivity contribution in [3.8, 4) is 5.75 Å². The van der Waals surface area contributed by atoms with Crippen molar-refractivity contribution < 1.29 is 4.74 Å². The van der Waals surface area contributed by atoms with Gasteiger partial charge in [-0.3, -0.25) is 4.79 Å². The molecule has 0 amide bonds. The van der Waals surface area contributed by atoms with Crippen LogP contribution in [0.4, 0.5) is 5.69 Å². The zero-order valence-electron chi connectivity index (χ0n) is 20.4. The summed E-state index contributed by atoms with van der Waals surface area (Å²) >= 11 is 3.45. The van der Waals surface area contributed by atoms with E-state index in [1.807, 2.05) is 49.3 Å². The van der Waals surface area contributed by atoms with E-state index in [2.05, 4.69) is 48.7 Å². The predicted molar refractivity (Wildman–Crippen MR) is 141 cm³/mol. The fraction of sp³-hybridized carbons (Fsp3) is 0.423. The number of nitrogens with zero attached hydrogens (tertiary/aromatic N) is 4. The molecule has 0 aliphatic heterocycles. The average molecular weight is 513 g/mol. The quantitative estimate of drug-likeness (QED) is 0.354. The van der Waals surface area contributed by atoms with Crippen LogP contribution in [0.3, 0.4) is 0 Å². The van der Waals surface area contributed by atoms with E-state index in [4.69, 9.17) is 9.72 Å². The monoisotopic (exact) mass is 512 g/mol. The smallest absolute Gasteiger partial charge is 0.282 e. The molecule has 0 radical (unpaired) electrons. The van der Waals surface area contributed by atoms with Crippen molar-refractivity contribution in [2.24, 2.45) is 10.5 Å². The Balaban J connectivity index is 2.08. The Kier molecular flexibility index (Phi) is 7.95. The molecular formula is C26H33BrN4O2. The second-order valence-corrected chi connectivity index (χ2v) is 10.5.